The summed E-state index contributed by atoms with van der Waals surface area (Å²) in [5, 5.41) is 0. The van der Waals surface area contributed by atoms with Crippen molar-refractivity contribution in [1.29, 1.82) is 0 Å². The normalized spacial score (nSPS) is 11.6. The number of halogens is 3. The predicted molar refractivity (Wildman–Crippen MR) is 48.2 cm³/mol. The standard InChI is InChI=1S/C7H5Cl2FS/c8-7(9,10)5-1-3-6(11)4-2-5/h1-4,11H. The zero-order valence-electron chi connectivity index (χ0n) is 5.39. The average molecular weight is 211 g/mol. The van der Waals surface area contributed by atoms with Crippen LogP contribution in [0, 0.1) is 0 Å². The van der Waals surface area contributed by atoms with E-state index in [4.69, 9.17) is 23.2 Å². The lowest BCUT2D eigenvalue weighted by Crippen LogP contribution is -2.00. The van der Waals surface area contributed by atoms with Crippen molar-refractivity contribution in [2.45, 2.75) is 9.48 Å². The molecule has 0 N–H and O–H groups in total. The molecule has 0 saturated heterocycles. The molecule has 11 heavy (non-hydrogen) atoms. The highest BCUT2D eigenvalue weighted by Gasteiger charge is 2.24. The van der Waals surface area contributed by atoms with Crippen LogP contribution in [0.1, 0.15) is 5.56 Å². The van der Waals surface area contributed by atoms with Crippen molar-refractivity contribution in [1.82, 2.24) is 0 Å². The predicted octanol–water partition coefficient (Wildman–Crippen LogP) is 3.53. The van der Waals surface area contributed by atoms with Crippen LogP contribution in [0.3, 0.4) is 0 Å². The molecule has 0 aliphatic heterocycles. The first-order chi connectivity index (χ1) is 5.00. The summed E-state index contributed by atoms with van der Waals surface area (Å²) in [7, 11) is 0. The number of hydrogen-bond acceptors (Lipinski definition) is 1. The summed E-state index contributed by atoms with van der Waals surface area (Å²) in [5.41, 5.74) is 0.221. The van der Waals surface area contributed by atoms with Gasteiger partial charge in [0.1, 0.15) is 0 Å². The van der Waals surface area contributed by atoms with E-state index in [9.17, 15) is 4.39 Å². The fourth-order valence-electron chi connectivity index (χ4n) is 0.650. The van der Waals surface area contributed by atoms with E-state index in [0.29, 0.717) is 0 Å². The number of thiol groups is 1. The molecule has 0 heterocycles. The highest BCUT2D eigenvalue weighted by Crippen LogP contribution is 2.35. The Kier molecular flexibility index (Phi) is 2.68. The summed E-state index contributed by atoms with van der Waals surface area (Å²) in [6.07, 6.45) is 0. The molecular formula is C7H5Cl2FS. The van der Waals surface area contributed by atoms with Gasteiger partial charge in [0.05, 0.1) is 0 Å². The van der Waals surface area contributed by atoms with Crippen LogP contribution >= 0.6 is 35.8 Å². The van der Waals surface area contributed by atoms with Gasteiger partial charge in [-0.25, -0.2) is 4.39 Å². The van der Waals surface area contributed by atoms with E-state index in [1.165, 1.54) is 12.1 Å². The smallest absolute Gasteiger partial charge is 0.203 e. The molecule has 0 fully saturated rings. The molecule has 0 saturated carbocycles. The van der Waals surface area contributed by atoms with E-state index >= 15 is 0 Å². The molecule has 0 aliphatic carbocycles. The van der Waals surface area contributed by atoms with Crippen LogP contribution in [0.4, 0.5) is 4.39 Å². The topological polar surface area (TPSA) is 0 Å². The Morgan fingerprint density at radius 2 is 1.64 bits per heavy atom. The zero-order valence-corrected chi connectivity index (χ0v) is 7.80. The third-order valence-corrected chi connectivity index (χ3v) is 1.93. The maximum absolute atomic E-state index is 12.8. The van der Waals surface area contributed by atoms with Crippen LogP contribution in [-0.2, 0) is 4.59 Å². The van der Waals surface area contributed by atoms with Gasteiger partial charge in [-0.05, 0) is 12.1 Å². The minimum absolute atomic E-state index is 0.221. The minimum Gasteiger partial charge on any atom is -0.203 e. The van der Waals surface area contributed by atoms with Crippen molar-refractivity contribution < 1.29 is 4.39 Å². The van der Waals surface area contributed by atoms with Crippen molar-refractivity contribution in [3.63, 3.8) is 0 Å². The molecule has 1 aromatic rings. The first kappa shape index (κ1) is 9.17. The van der Waals surface area contributed by atoms with Gasteiger partial charge in [0, 0.05) is 10.5 Å². The Morgan fingerprint density at radius 1 is 1.18 bits per heavy atom. The monoisotopic (exact) mass is 210 g/mol. The lowest BCUT2D eigenvalue weighted by atomic mass is 10.2. The van der Waals surface area contributed by atoms with Gasteiger partial charge < -0.3 is 0 Å². The van der Waals surface area contributed by atoms with Crippen molar-refractivity contribution in [3.05, 3.63) is 29.8 Å². The van der Waals surface area contributed by atoms with Gasteiger partial charge in [-0.1, -0.05) is 35.3 Å². The molecule has 1 aromatic carbocycles. The number of rotatable bonds is 1. The first-order valence-electron chi connectivity index (χ1n) is 2.86. The molecule has 0 atom stereocenters. The van der Waals surface area contributed by atoms with E-state index in [2.05, 4.69) is 12.6 Å². The Morgan fingerprint density at radius 3 is 2.00 bits per heavy atom. The third-order valence-electron chi connectivity index (χ3n) is 1.19. The van der Waals surface area contributed by atoms with E-state index in [0.717, 1.165) is 4.90 Å². The van der Waals surface area contributed by atoms with Gasteiger partial charge in [-0.2, -0.15) is 0 Å². The minimum atomic E-state index is -2.30. The molecule has 0 aliphatic rings. The van der Waals surface area contributed by atoms with Crippen LogP contribution in [0.2, 0.25) is 0 Å². The van der Waals surface area contributed by atoms with Crippen molar-refractivity contribution in [2.24, 2.45) is 0 Å². The number of hydrogen-bond donors (Lipinski definition) is 1. The van der Waals surface area contributed by atoms with Crippen LogP contribution < -0.4 is 0 Å². The Labute approximate surface area is 79.7 Å². The van der Waals surface area contributed by atoms with Gasteiger partial charge in [0.15, 0.2) is 0 Å². The molecule has 60 valence electrons. The molecule has 1 rings (SSSR count). The summed E-state index contributed by atoms with van der Waals surface area (Å²) < 4.78 is 10.5. The fraction of sp³-hybridized carbons (Fsp3) is 0.143. The fourth-order valence-corrected chi connectivity index (χ4v) is 1.05. The molecule has 0 unspecified atom stereocenters. The zero-order chi connectivity index (χ0) is 8.48. The van der Waals surface area contributed by atoms with Crippen LogP contribution in [0.25, 0.3) is 0 Å². The summed E-state index contributed by atoms with van der Waals surface area (Å²) in [5.74, 6) is 0. The maximum atomic E-state index is 12.8. The van der Waals surface area contributed by atoms with Crippen molar-refractivity contribution in [2.75, 3.05) is 0 Å². The van der Waals surface area contributed by atoms with Crippen LogP contribution in [-0.4, -0.2) is 0 Å². The van der Waals surface area contributed by atoms with Crippen LogP contribution in [0.5, 0.6) is 0 Å². The lowest BCUT2D eigenvalue weighted by Gasteiger charge is -2.08. The number of alkyl halides is 3. The second-order valence-electron chi connectivity index (χ2n) is 2.04. The van der Waals surface area contributed by atoms with E-state index < -0.39 is 4.59 Å². The van der Waals surface area contributed by atoms with E-state index in [1.807, 2.05) is 0 Å². The molecule has 4 heteroatoms. The van der Waals surface area contributed by atoms with E-state index in [-0.39, 0.29) is 5.56 Å². The summed E-state index contributed by atoms with van der Waals surface area (Å²) >= 11 is 14.4. The average Bonchev–Trinajstić information content (AvgIpc) is 1.86. The lowest BCUT2D eigenvalue weighted by molar-refractivity contribution is 0.405. The number of benzene rings is 1. The van der Waals surface area contributed by atoms with Gasteiger partial charge in [-0.15, -0.1) is 12.6 Å². The summed E-state index contributed by atoms with van der Waals surface area (Å²) in [6, 6.07) is 6.22. The van der Waals surface area contributed by atoms with E-state index in [1.54, 1.807) is 12.1 Å². The van der Waals surface area contributed by atoms with Crippen molar-refractivity contribution >= 4 is 35.8 Å². The SMILES string of the molecule is FC(Cl)(Cl)c1ccc(S)cc1. The van der Waals surface area contributed by atoms with Gasteiger partial charge >= 0.3 is 0 Å². The molecule has 0 radical (unpaired) electrons. The molecule has 0 amide bonds. The van der Waals surface area contributed by atoms with Gasteiger partial charge in [0.2, 0.25) is 0 Å². The Balaban J connectivity index is 2.99. The second kappa shape index (κ2) is 3.21. The van der Waals surface area contributed by atoms with Crippen LogP contribution in [0.15, 0.2) is 29.2 Å². The molecular weight excluding hydrogens is 206 g/mol. The highest BCUT2D eigenvalue weighted by atomic mass is 35.5. The largest absolute Gasteiger partial charge is 0.283 e. The molecule has 0 aromatic heterocycles. The third kappa shape index (κ3) is 2.55. The highest BCUT2D eigenvalue weighted by molar-refractivity contribution is 7.80. The second-order valence-corrected chi connectivity index (χ2v) is 3.80. The Hall–Kier alpha value is 0.0800. The Bertz CT molecular complexity index is 240. The van der Waals surface area contributed by atoms with Gasteiger partial charge in [-0.3, -0.25) is 0 Å². The maximum Gasteiger partial charge on any atom is 0.283 e. The van der Waals surface area contributed by atoms with Crippen molar-refractivity contribution in [3.8, 4) is 0 Å². The summed E-state index contributed by atoms with van der Waals surface area (Å²) in [6.45, 7) is 0. The molecule has 0 bridgehead atoms. The molecule has 0 spiro atoms. The summed E-state index contributed by atoms with van der Waals surface area (Å²) in [4.78, 5) is 0.742. The quantitative estimate of drug-likeness (QED) is 0.533. The molecule has 0 nitrogen and oxygen atoms in total. The first-order valence-corrected chi connectivity index (χ1v) is 4.07. The van der Waals surface area contributed by atoms with Gasteiger partial charge in [0.25, 0.3) is 4.59 Å².